The molecule has 1 aromatic heterocycles. The summed E-state index contributed by atoms with van der Waals surface area (Å²) in [5.41, 5.74) is -0.911. The maximum absolute atomic E-state index is 12.8. The van der Waals surface area contributed by atoms with Crippen LogP contribution in [0.5, 0.6) is 5.75 Å². The van der Waals surface area contributed by atoms with E-state index in [1.807, 2.05) is 0 Å². The van der Waals surface area contributed by atoms with E-state index >= 15 is 0 Å². The van der Waals surface area contributed by atoms with Crippen molar-refractivity contribution in [2.24, 2.45) is 0 Å². The smallest absolute Gasteiger partial charge is 0.419 e. The van der Waals surface area contributed by atoms with Crippen LogP contribution in [-0.2, 0) is 6.18 Å². The molecule has 1 aromatic carbocycles. The van der Waals surface area contributed by atoms with E-state index in [1.54, 1.807) is 0 Å². The molecule has 8 heteroatoms. The van der Waals surface area contributed by atoms with Gasteiger partial charge in [0.25, 0.3) is 0 Å². The van der Waals surface area contributed by atoms with Gasteiger partial charge in [-0.1, -0.05) is 0 Å². The number of hydrogen-bond acceptors (Lipinski definition) is 4. The fourth-order valence-electron chi connectivity index (χ4n) is 1.77. The van der Waals surface area contributed by atoms with Crippen LogP contribution in [0, 0.1) is 5.82 Å². The van der Waals surface area contributed by atoms with Crippen LogP contribution in [0.3, 0.4) is 0 Å². The number of halogens is 4. The molecule has 2 aromatic rings. The third-order valence-electron chi connectivity index (χ3n) is 2.87. The minimum absolute atomic E-state index is 0.160. The number of ether oxygens (including phenoxy) is 1. The van der Waals surface area contributed by atoms with Gasteiger partial charge in [0.2, 0.25) is 0 Å². The van der Waals surface area contributed by atoms with Crippen molar-refractivity contribution in [2.75, 3.05) is 18.5 Å². The number of benzene rings is 1. The van der Waals surface area contributed by atoms with Gasteiger partial charge in [-0.15, -0.1) is 0 Å². The van der Waals surface area contributed by atoms with Crippen LogP contribution in [-0.4, -0.2) is 29.3 Å². The predicted octanol–water partition coefficient (Wildman–Crippen LogP) is 3.09. The molecular weight excluding hydrogens is 316 g/mol. The van der Waals surface area contributed by atoms with Crippen molar-refractivity contribution >= 4 is 5.82 Å². The van der Waals surface area contributed by atoms with Crippen molar-refractivity contribution < 1.29 is 27.4 Å². The first-order valence-corrected chi connectivity index (χ1v) is 6.69. The minimum atomic E-state index is -4.54. The summed E-state index contributed by atoms with van der Waals surface area (Å²) in [6.07, 6.45) is -4.38. The summed E-state index contributed by atoms with van der Waals surface area (Å²) in [6.45, 7) is -0.339. The zero-order valence-electron chi connectivity index (χ0n) is 11.8. The van der Waals surface area contributed by atoms with Crippen molar-refractivity contribution in [2.45, 2.75) is 12.3 Å². The largest absolute Gasteiger partial charge is 0.491 e. The van der Waals surface area contributed by atoms with E-state index in [4.69, 9.17) is 4.74 Å². The van der Waals surface area contributed by atoms with Gasteiger partial charge in [-0.25, -0.2) is 9.37 Å². The van der Waals surface area contributed by atoms with Gasteiger partial charge in [-0.3, -0.25) is 0 Å². The molecule has 0 radical (unpaired) electrons. The zero-order valence-corrected chi connectivity index (χ0v) is 11.8. The lowest BCUT2D eigenvalue weighted by Crippen LogP contribution is -2.27. The molecule has 124 valence electrons. The maximum Gasteiger partial charge on any atom is 0.419 e. The van der Waals surface area contributed by atoms with Crippen LogP contribution >= 0.6 is 0 Å². The van der Waals surface area contributed by atoms with Gasteiger partial charge in [0.15, 0.2) is 0 Å². The molecule has 23 heavy (non-hydrogen) atoms. The summed E-state index contributed by atoms with van der Waals surface area (Å²) in [7, 11) is 0. The Bertz CT molecular complexity index is 632. The lowest BCUT2D eigenvalue weighted by Gasteiger charge is -2.16. The van der Waals surface area contributed by atoms with E-state index in [0.29, 0.717) is 5.75 Å². The summed E-state index contributed by atoms with van der Waals surface area (Å²) in [5.74, 6) is -0.436. The monoisotopic (exact) mass is 330 g/mol. The molecule has 1 heterocycles. The Kier molecular flexibility index (Phi) is 5.38. The van der Waals surface area contributed by atoms with E-state index in [2.05, 4.69) is 10.3 Å². The molecule has 0 saturated heterocycles. The highest BCUT2D eigenvalue weighted by Gasteiger charge is 2.34. The van der Waals surface area contributed by atoms with Crippen molar-refractivity contribution in [3.63, 3.8) is 0 Å². The Labute approximate surface area is 129 Å². The van der Waals surface area contributed by atoms with Gasteiger partial charge in [-0.2, -0.15) is 13.2 Å². The molecular formula is C15H14F4N2O2. The van der Waals surface area contributed by atoms with Crippen molar-refractivity contribution in [1.29, 1.82) is 0 Å². The van der Waals surface area contributed by atoms with Gasteiger partial charge in [0.05, 0.1) is 5.56 Å². The Morgan fingerprint density at radius 3 is 2.52 bits per heavy atom. The zero-order chi connectivity index (χ0) is 16.9. The normalized spacial score (nSPS) is 12.7. The topological polar surface area (TPSA) is 54.4 Å². The van der Waals surface area contributed by atoms with Crippen LogP contribution in [0.4, 0.5) is 23.4 Å². The standard InChI is InChI=1S/C15H14F4N2O2/c16-10-3-5-12(6-4-10)23-9-11(22)8-21-14-13(15(17,18)19)2-1-7-20-14/h1-7,11,22H,8-9H2,(H,20,21). The number of hydrogen-bond donors (Lipinski definition) is 2. The molecule has 2 N–H and O–H groups in total. The van der Waals surface area contributed by atoms with Crippen LogP contribution in [0.15, 0.2) is 42.6 Å². The fraction of sp³-hybridized carbons (Fsp3) is 0.267. The number of nitrogens with one attached hydrogen (secondary N) is 1. The number of aliphatic hydroxyl groups is 1. The molecule has 0 spiro atoms. The molecule has 0 bridgehead atoms. The highest BCUT2D eigenvalue weighted by atomic mass is 19.4. The van der Waals surface area contributed by atoms with Gasteiger partial charge in [0, 0.05) is 12.7 Å². The Balaban J connectivity index is 1.87. The first-order valence-electron chi connectivity index (χ1n) is 6.69. The average Bonchev–Trinajstić information content (AvgIpc) is 2.52. The van der Waals surface area contributed by atoms with Gasteiger partial charge in [0.1, 0.15) is 30.1 Å². The van der Waals surface area contributed by atoms with Gasteiger partial charge < -0.3 is 15.2 Å². The lowest BCUT2D eigenvalue weighted by atomic mass is 10.2. The average molecular weight is 330 g/mol. The highest BCUT2D eigenvalue weighted by molar-refractivity contribution is 5.45. The van der Waals surface area contributed by atoms with Gasteiger partial charge in [-0.05, 0) is 36.4 Å². The van der Waals surface area contributed by atoms with E-state index in [9.17, 15) is 22.7 Å². The van der Waals surface area contributed by atoms with Crippen LogP contribution in [0.1, 0.15) is 5.56 Å². The molecule has 0 saturated carbocycles. The molecule has 0 fully saturated rings. The Morgan fingerprint density at radius 2 is 1.87 bits per heavy atom. The van der Waals surface area contributed by atoms with Crippen LogP contribution < -0.4 is 10.1 Å². The number of aliphatic hydroxyl groups excluding tert-OH is 1. The molecule has 0 aliphatic rings. The second-order valence-electron chi connectivity index (χ2n) is 4.70. The number of aromatic nitrogens is 1. The highest BCUT2D eigenvalue weighted by Crippen LogP contribution is 2.33. The van der Waals surface area contributed by atoms with Crippen molar-refractivity contribution in [3.05, 3.63) is 54.0 Å². The molecule has 4 nitrogen and oxygen atoms in total. The van der Waals surface area contributed by atoms with Crippen molar-refractivity contribution in [3.8, 4) is 5.75 Å². The predicted molar refractivity (Wildman–Crippen MR) is 75.6 cm³/mol. The molecule has 1 atom stereocenters. The second-order valence-corrected chi connectivity index (χ2v) is 4.70. The second kappa shape index (κ2) is 7.28. The first-order chi connectivity index (χ1) is 10.9. The fourth-order valence-corrected chi connectivity index (χ4v) is 1.77. The van der Waals surface area contributed by atoms with E-state index in [1.165, 1.54) is 36.5 Å². The third-order valence-corrected chi connectivity index (χ3v) is 2.87. The SMILES string of the molecule is OC(CNc1ncccc1C(F)(F)F)COc1ccc(F)cc1. The number of pyridine rings is 1. The summed E-state index contributed by atoms with van der Waals surface area (Å²) in [6, 6.07) is 7.25. The molecule has 0 aliphatic heterocycles. The number of alkyl halides is 3. The first kappa shape index (κ1) is 17.0. The summed E-state index contributed by atoms with van der Waals surface area (Å²) >= 11 is 0. The van der Waals surface area contributed by atoms with E-state index in [0.717, 1.165) is 6.07 Å². The molecule has 0 amide bonds. The summed E-state index contributed by atoms with van der Waals surface area (Å²) in [4.78, 5) is 3.62. The maximum atomic E-state index is 12.8. The molecule has 0 aliphatic carbocycles. The van der Waals surface area contributed by atoms with E-state index < -0.39 is 23.7 Å². The minimum Gasteiger partial charge on any atom is -0.491 e. The van der Waals surface area contributed by atoms with Crippen LogP contribution in [0.25, 0.3) is 0 Å². The third kappa shape index (κ3) is 5.10. The number of rotatable bonds is 6. The quantitative estimate of drug-likeness (QED) is 0.799. The van der Waals surface area contributed by atoms with Crippen molar-refractivity contribution in [1.82, 2.24) is 4.98 Å². The van der Waals surface area contributed by atoms with Crippen LogP contribution in [0.2, 0.25) is 0 Å². The lowest BCUT2D eigenvalue weighted by molar-refractivity contribution is -0.137. The summed E-state index contributed by atoms with van der Waals surface area (Å²) < 4.78 is 56.3. The number of anilines is 1. The Hall–Kier alpha value is -2.35. The van der Waals surface area contributed by atoms with Gasteiger partial charge >= 0.3 is 6.18 Å². The number of nitrogens with zero attached hydrogens (tertiary/aromatic N) is 1. The Morgan fingerprint density at radius 1 is 1.17 bits per heavy atom. The summed E-state index contributed by atoms with van der Waals surface area (Å²) in [5, 5.41) is 12.2. The van der Waals surface area contributed by atoms with E-state index in [-0.39, 0.29) is 19.0 Å². The molecule has 2 rings (SSSR count). The molecule has 1 unspecified atom stereocenters.